The summed E-state index contributed by atoms with van der Waals surface area (Å²) in [5.41, 5.74) is 1.99. The second-order valence-electron chi connectivity index (χ2n) is 6.54. The molecule has 0 atom stereocenters. The minimum Gasteiger partial charge on any atom is -0.450 e. The van der Waals surface area contributed by atoms with Crippen molar-refractivity contribution in [2.24, 2.45) is 0 Å². The smallest absolute Gasteiger partial charge is 0.409 e. The third-order valence-corrected chi connectivity index (χ3v) is 4.83. The first-order chi connectivity index (χ1) is 13.1. The van der Waals surface area contributed by atoms with Crippen LogP contribution < -0.4 is 10.2 Å². The largest absolute Gasteiger partial charge is 0.450 e. The molecule has 0 aromatic heterocycles. The fourth-order valence-corrected chi connectivity index (χ4v) is 3.20. The molecule has 150 valence electrons. The number of nitrogens with one attached hydrogen (secondary N) is 1. The van der Waals surface area contributed by atoms with Crippen LogP contribution in [0.25, 0.3) is 0 Å². The number of anilines is 2. The van der Waals surface area contributed by atoms with E-state index >= 15 is 0 Å². The maximum absolute atomic E-state index is 12.2. The third-order valence-electron chi connectivity index (χ3n) is 4.83. The Morgan fingerprint density at radius 3 is 2.22 bits per heavy atom. The molecule has 1 aliphatic rings. The van der Waals surface area contributed by atoms with Gasteiger partial charge in [-0.3, -0.25) is 9.69 Å². The SMILES string of the molecule is CCOC(=O)N1CCN(CCC(=O)Nc2ccc(N(CC)CC)cc2)CC1. The van der Waals surface area contributed by atoms with Crippen molar-refractivity contribution in [3.8, 4) is 0 Å². The lowest BCUT2D eigenvalue weighted by Gasteiger charge is -2.33. The Hall–Kier alpha value is -2.28. The van der Waals surface area contributed by atoms with Crippen molar-refractivity contribution in [2.75, 3.05) is 62.6 Å². The zero-order valence-corrected chi connectivity index (χ0v) is 16.7. The summed E-state index contributed by atoms with van der Waals surface area (Å²) in [4.78, 5) is 30.1. The van der Waals surface area contributed by atoms with E-state index < -0.39 is 0 Å². The predicted molar refractivity (Wildman–Crippen MR) is 108 cm³/mol. The van der Waals surface area contributed by atoms with Gasteiger partial charge in [0, 0.05) is 63.6 Å². The molecule has 0 spiro atoms. The van der Waals surface area contributed by atoms with Crippen LogP contribution in [0.15, 0.2) is 24.3 Å². The molecule has 0 unspecified atom stereocenters. The van der Waals surface area contributed by atoms with Crippen molar-refractivity contribution in [3.05, 3.63) is 24.3 Å². The quantitative estimate of drug-likeness (QED) is 0.756. The number of hydrogen-bond donors (Lipinski definition) is 1. The zero-order chi connectivity index (χ0) is 19.6. The Morgan fingerprint density at radius 1 is 1.04 bits per heavy atom. The average Bonchev–Trinajstić information content (AvgIpc) is 2.69. The Kier molecular flexibility index (Phi) is 8.39. The summed E-state index contributed by atoms with van der Waals surface area (Å²) in [6.07, 6.45) is 0.194. The van der Waals surface area contributed by atoms with Gasteiger partial charge in [0.25, 0.3) is 0 Å². The first kappa shape index (κ1) is 21.0. The van der Waals surface area contributed by atoms with Crippen LogP contribution in [0, 0.1) is 0 Å². The molecule has 1 aromatic carbocycles. The molecule has 7 heteroatoms. The summed E-state index contributed by atoms with van der Waals surface area (Å²) in [7, 11) is 0. The number of piperazine rings is 1. The molecule has 27 heavy (non-hydrogen) atoms. The van der Waals surface area contributed by atoms with Gasteiger partial charge < -0.3 is 19.9 Å². The van der Waals surface area contributed by atoms with Crippen molar-refractivity contribution in [3.63, 3.8) is 0 Å². The van der Waals surface area contributed by atoms with E-state index in [4.69, 9.17) is 4.74 Å². The van der Waals surface area contributed by atoms with E-state index in [1.165, 1.54) is 0 Å². The van der Waals surface area contributed by atoms with E-state index in [0.717, 1.165) is 37.6 Å². The number of rotatable bonds is 8. The predicted octanol–water partition coefficient (Wildman–Crippen LogP) is 2.64. The highest BCUT2D eigenvalue weighted by Gasteiger charge is 2.22. The van der Waals surface area contributed by atoms with Crippen molar-refractivity contribution >= 4 is 23.4 Å². The zero-order valence-electron chi connectivity index (χ0n) is 16.7. The Morgan fingerprint density at radius 2 is 1.67 bits per heavy atom. The Bertz CT molecular complexity index is 594. The maximum Gasteiger partial charge on any atom is 0.409 e. The topological polar surface area (TPSA) is 65.1 Å². The number of benzene rings is 1. The van der Waals surface area contributed by atoms with Crippen molar-refractivity contribution in [1.82, 2.24) is 9.80 Å². The van der Waals surface area contributed by atoms with E-state index in [9.17, 15) is 9.59 Å². The van der Waals surface area contributed by atoms with Gasteiger partial charge in [0.15, 0.2) is 0 Å². The van der Waals surface area contributed by atoms with Gasteiger partial charge in [-0.05, 0) is 45.0 Å². The van der Waals surface area contributed by atoms with Crippen LogP contribution in [0.2, 0.25) is 0 Å². The van der Waals surface area contributed by atoms with Gasteiger partial charge in [-0.1, -0.05) is 0 Å². The van der Waals surface area contributed by atoms with Gasteiger partial charge in [0.05, 0.1) is 6.61 Å². The lowest BCUT2D eigenvalue weighted by atomic mass is 10.2. The Balaban J connectivity index is 1.71. The molecule has 1 saturated heterocycles. The van der Waals surface area contributed by atoms with Crippen LogP contribution in [-0.4, -0.2) is 74.2 Å². The molecule has 1 aliphatic heterocycles. The summed E-state index contributed by atoms with van der Waals surface area (Å²) >= 11 is 0. The highest BCUT2D eigenvalue weighted by atomic mass is 16.6. The number of nitrogens with zero attached hydrogens (tertiary/aromatic N) is 3. The van der Waals surface area contributed by atoms with E-state index in [-0.39, 0.29) is 12.0 Å². The normalized spacial score (nSPS) is 14.7. The molecule has 1 aromatic rings. The van der Waals surface area contributed by atoms with Gasteiger partial charge in [0.1, 0.15) is 0 Å². The summed E-state index contributed by atoms with van der Waals surface area (Å²) in [6, 6.07) is 7.97. The molecule has 0 aliphatic carbocycles. The van der Waals surface area contributed by atoms with Crippen LogP contribution >= 0.6 is 0 Å². The monoisotopic (exact) mass is 376 g/mol. The summed E-state index contributed by atoms with van der Waals surface area (Å²) in [5, 5.41) is 2.96. The van der Waals surface area contributed by atoms with E-state index in [2.05, 4.69) is 29.0 Å². The molecule has 0 radical (unpaired) electrons. The fraction of sp³-hybridized carbons (Fsp3) is 0.600. The molecule has 2 rings (SSSR count). The van der Waals surface area contributed by atoms with Crippen molar-refractivity contribution < 1.29 is 14.3 Å². The number of carbonyl (C=O) groups is 2. The van der Waals surface area contributed by atoms with Crippen molar-refractivity contribution in [1.29, 1.82) is 0 Å². The molecular weight excluding hydrogens is 344 g/mol. The maximum atomic E-state index is 12.2. The molecular formula is C20H32N4O3. The number of ether oxygens (including phenoxy) is 1. The van der Waals surface area contributed by atoms with Crippen LogP contribution in [0.5, 0.6) is 0 Å². The lowest BCUT2D eigenvalue weighted by molar-refractivity contribution is -0.116. The van der Waals surface area contributed by atoms with Crippen LogP contribution in [-0.2, 0) is 9.53 Å². The number of carbonyl (C=O) groups excluding carboxylic acids is 2. The van der Waals surface area contributed by atoms with Gasteiger partial charge in [-0.25, -0.2) is 4.79 Å². The molecule has 7 nitrogen and oxygen atoms in total. The van der Waals surface area contributed by atoms with Crippen LogP contribution in [0.4, 0.5) is 16.2 Å². The van der Waals surface area contributed by atoms with Gasteiger partial charge in [-0.2, -0.15) is 0 Å². The first-order valence-corrected chi connectivity index (χ1v) is 9.86. The second-order valence-corrected chi connectivity index (χ2v) is 6.54. The first-order valence-electron chi connectivity index (χ1n) is 9.86. The molecule has 0 saturated carbocycles. The van der Waals surface area contributed by atoms with E-state index in [0.29, 0.717) is 32.7 Å². The molecule has 0 bridgehead atoms. The Labute approximate surface area is 162 Å². The van der Waals surface area contributed by atoms with Gasteiger partial charge in [0.2, 0.25) is 5.91 Å². The second kappa shape index (κ2) is 10.8. The number of amides is 2. The van der Waals surface area contributed by atoms with Crippen LogP contribution in [0.1, 0.15) is 27.2 Å². The van der Waals surface area contributed by atoms with Gasteiger partial charge in [-0.15, -0.1) is 0 Å². The lowest BCUT2D eigenvalue weighted by Crippen LogP contribution is -2.49. The summed E-state index contributed by atoms with van der Waals surface area (Å²) in [5.74, 6) is 0.0124. The molecule has 1 fully saturated rings. The number of hydrogen-bond acceptors (Lipinski definition) is 5. The highest BCUT2D eigenvalue weighted by molar-refractivity contribution is 5.91. The van der Waals surface area contributed by atoms with Crippen LogP contribution in [0.3, 0.4) is 0 Å². The van der Waals surface area contributed by atoms with E-state index in [1.54, 1.807) is 4.90 Å². The minimum absolute atomic E-state index is 0.0124. The van der Waals surface area contributed by atoms with E-state index in [1.807, 2.05) is 31.2 Å². The average molecular weight is 377 g/mol. The van der Waals surface area contributed by atoms with Crippen molar-refractivity contribution in [2.45, 2.75) is 27.2 Å². The minimum atomic E-state index is -0.247. The molecule has 1 N–H and O–H groups in total. The highest BCUT2D eigenvalue weighted by Crippen LogP contribution is 2.18. The standard InChI is InChI=1S/C20H32N4O3/c1-4-23(5-2)18-9-7-17(8-10-18)21-19(25)11-12-22-13-15-24(16-14-22)20(26)27-6-3/h7-10H,4-6,11-16H2,1-3H3,(H,21,25). The third kappa shape index (κ3) is 6.43. The fourth-order valence-electron chi connectivity index (χ4n) is 3.20. The van der Waals surface area contributed by atoms with Gasteiger partial charge >= 0.3 is 6.09 Å². The molecule has 1 heterocycles. The summed E-state index contributed by atoms with van der Waals surface area (Å²) in [6.45, 7) is 11.9. The summed E-state index contributed by atoms with van der Waals surface area (Å²) < 4.78 is 5.02. The molecule has 2 amide bonds.